The summed E-state index contributed by atoms with van der Waals surface area (Å²) in [7, 11) is 2.21. The number of pyridine rings is 1. The van der Waals surface area contributed by atoms with Crippen molar-refractivity contribution in [3.05, 3.63) is 30.1 Å². The molecule has 0 amide bonds. The molecular weight excluding hydrogens is 273 g/mol. The molecule has 0 bridgehead atoms. The van der Waals surface area contributed by atoms with E-state index in [9.17, 15) is 4.79 Å². The summed E-state index contributed by atoms with van der Waals surface area (Å²) in [6.45, 7) is 13.9. The van der Waals surface area contributed by atoms with Crippen molar-refractivity contribution in [2.24, 2.45) is 5.41 Å². The summed E-state index contributed by atoms with van der Waals surface area (Å²) >= 11 is 0. The molecule has 0 N–H and O–H groups in total. The van der Waals surface area contributed by atoms with Gasteiger partial charge in [-0.3, -0.25) is 9.78 Å². The third-order valence-corrected chi connectivity index (χ3v) is 4.00. The number of esters is 1. The molecule has 1 rings (SSSR count). The fourth-order valence-corrected chi connectivity index (χ4v) is 2.11. The molecule has 0 spiro atoms. The first-order valence-corrected chi connectivity index (χ1v) is 7.99. The van der Waals surface area contributed by atoms with Crippen LogP contribution in [-0.4, -0.2) is 23.8 Å². The molecule has 1 radical (unpaired) electrons. The van der Waals surface area contributed by atoms with E-state index < -0.39 is 11.0 Å². The molecule has 0 fully saturated rings. The molecular formula is C18H29BNO2. The van der Waals surface area contributed by atoms with Gasteiger partial charge in [0, 0.05) is 11.9 Å². The van der Waals surface area contributed by atoms with Crippen LogP contribution in [0.25, 0.3) is 0 Å². The van der Waals surface area contributed by atoms with Crippen molar-refractivity contribution in [3.63, 3.8) is 0 Å². The highest BCUT2D eigenvalue weighted by molar-refractivity contribution is 6.40. The maximum Gasteiger partial charge on any atom is 0.311 e. The van der Waals surface area contributed by atoms with E-state index in [-0.39, 0.29) is 11.3 Å². The minimum Gasteiger partial charge on any atom is -0.460 e. The molecule has 0 aliphatic carbocycles. The van der Waals surface area contributed by atoms with E-state index in [0.717, 1.165) is 12.1 Å². The lowest BCUT2D eigenvalue weighted by atomic mass is 9.45. The summed E-state index contributed by atoms with van der Waals surface area (Å²) in [4.78, 5) is 16.8. The van der Waals surface area contributed by atoms with Crippen molar-refractivity contribution in [1.29, 1.82) is 0 Å². The Balaban J connectivity index is 2.79. The average Bonchev–Trinajstić information content (AvgIpc) is 2.44. The highest BCUT2D eigenvalue weighted by atomic mass is 16.6. The fraction of sp³-hybridized carbons (Fsp3) is 0.667. The van der Waals surface area contributed by atoms with Gasteiger partial charge in [-0.1, -0.05) is 46.5 Å². The van der Waals surface area contributed by atoms with Gasteiger partial charge in [0.2, 0.25) is 0 Å². The number of aromatic nitrogens is 1. The summed E-state index contributed by atoms with van der Waals surface area (Å²) in [5, 5.41) is -0.138. The maximum absolute atomic E-state index is 12.4. The monoisotopic (exact) mass is 302 g/mol. The molecule has 121 valence electrons. The van der Waals surface area contributed by atoms with Gasteiger partial charge in [0.1, 0.15) is 12.9 Å². The molecule has 0 aliphatic rings. The molecule has 1 heterocycles. The van der Waals surface area contributed by atoms with Crippen molar-refractivity contribution < 1.29 is 9.53 Å². The van der Waals surface area contributed by atoms with Gasteiger partial charge in [-0.15, -0.1) is 0 Å². The minimum absolute atomic E-state index is 0.138. The van der Waals surface area contributed by atoms with Crippen LogP contribution < -0.4 is 0 Å². The first kappa shape index (κ1) is 18.7. The molecule has 1 atom stereocenters. The first-order valence-electron chi connectivity index (χ1n) is 7.99. The normalized spacial score (nSPS) is 15.0. The van der Waals surface area contributed by atoms with Gasteiger partial charge in [0.15, 0.2) is 0 Å². The second-order valence-electron chi connectivity index (χ2n) is 7.78. The van der Waals surface area contributed by atoms with E-state index in [1.807, 2.05) is 59.0 Å². The lowest BCUT2D eigenvalue weighted by Crippen LogP contribution is -2.38. The number of rotatable bonds is 6. The Morgan fingerprint density at radius 3 is 2.27 bits per heavy atom. The molecule has 0 saturated carbocycles. The van der Waals surface area contributed by atoms with Gasteiger partial charge >= 0.3 is 5.97 Å². The average molecular weight is 302 g/mol. The second-order valence-corrected chi connectivity index (χ2v) is 7.78. The van der Waals surface area contributed by atoms with Gasteiger partial charge in [0.05, 0.1) is 5.41 Å². The highest BCUT2D eigenvalue weighted by Gasteiger charge is 2.36. The Kier molecular flexibility index (Phi) is 5.83. The Morgan fingerprint density at radius 1 is 1.18 bits per heavy atom. The fourth-order valence-electron chi connectivity index (χ4n) is 2.11. The third-order valence-electron chi connectivity index (χ3n) is 4.00. The predicted molar refractivity (Wildman–Crippen MR) is 92.1 cm³/mol. The van der Waals surface area contributed by atoms with E-state index in [1.165, 1.54) is 0 Å². The van der Waals surface area contributed by atoms with Crippen molar-refractivity contribution >= 4 is 13.2 Å². The molecule has 4 heteroatoms. The second kappa shape index (κ2) is 6.85. The van der Waals surface area contributed by atoms with Gasteiger partial charge in [-0.25, -0.2) is 0 Å². The van der Waals surface area contributed by atoms with E-state index in [0.29, 0.717) is 6.32 Å². The maximum atomic E-state index is 12.4. The van der Waals surface area contributed by atoms with Crippen LogP contribution in [0.4, 0.5) is 0 Å². The third kappa shape index (κ3) is 5.15. The van der Waals surface area contributed by atoms with Crippen molar-refractivity contribution in [3.8, 4) is 0 Å². The van der Waals surface area contributed by atoms with Crippen LogP contribution >= 0.6 is 0 Å². The largest absolute Gasteiger partial charge is 0.460 e. The number of hydrogen-bond donors (Lipinski definition) is 0. The van der Waals surface area contributed by atoms with Gasteiger partial charge < -0.3 is 4.74 Å². The van der Waals surface area contributed by atoms with Crippen LogP contribution in [0.15, 0.2) is 24.4 Å². The quantitative estimate of drug-likeness (QED) is 0.584. The van der Waals surface area contributed by atoms with Crippen LogP contribution in [0.2, 0.25) is 6.32 Å². The molecule has 1 aromatic heterocycles. The van der Waals surface area contributed by atoms with E-state index >= 15 is 0 Å². The first-order chi connectivity index (χ1) is 10.0. The van der Waals surface area contributed by atoms with Crippen LogP contribution in [-0.2, 0) is 14.8 Å². The summed E-state index contributed by atoms with van der Waals surface area (Å²) in [5.74, 6) is -0.157. The minimum atomic E-state index is -0.543. The van der Waals surface area contributed by atoms with E-state index in [4.69, 9.17) is 4.74 Å². The lowest BCUT2D eigenvalue weighted by molar-refractivity contribution is -0.164. The Bertz CT molecular complexity index is 494. The molecule has 0 saturated heterocycles. The van der Waals surface area contributed by atoms with Gasteiger partial charge in [0.25, 0.3) is 0 Å². The molecule has 1 aromatic rings. The zero-order valence-corrected chi connectivity index (χ0v) is 15.1. The highest BCUT2D eigenvalue weighted by Crippen LogP contribution is 2.32. The van der Waals surface area contributed by atoms with Crippen LogP contribution in [0, 0.1) is 5.41 Å². The van der Waals surface area contributed by atoms with Crippen LogP contribution in [0.3, 0.4) is 0 Å². The molecule has 3 nitrogen and oxygen atoms in total. The van der Waals surface area contributed by atoms with Gasteiger partial charge in [-0.2, -0.15) is 0 Å². The standard InChI is InChI=1S/C18H29BNO2/c1-8-18(7,14-11-9-10-12-20-14)19-13-17(5,6)15(21)22-16(2,3)4/h9-12H,8,13H2,1-7H3. The molecule has 1 unspecified atom stereocenters. The van der Waals surface area contributed by atoms with Crippen LogP contribution in [0.5, 0.6) is 0 Å². The molecule has 0 aromatic carbocycles. The predicted octanol–water partition coefficient (Wildman–Crippen LogP) is 4.20. The number of carbonyl (C=O) groups is 1. The number of ether oxygens (including phenoxy) is 1. The smallest absolute Gasteiger partial charge is 0.311 e. The van der Waals surface area contributed by atoms with Gasteiger partial charge in [-0.05, 0) is 38.2 Å². The molecule has 0 aliphatic heterocycles. The van der Waals surface area contributed by atoms with E-state index in [2.05, 4.69) is 26.1 Å². The van der Waals surface area contributed by atoms with Crippen molar-refractivity contribution in [2.45, 2.75) is 72.1 Å². The summed E-state index contributed by atoms with van der Waals surface area (Å²) in [5.41, 5.74) is 0.0412. The zero-order valence-electron chi connectivity index (χ0n) is 15.1. The number of hydrogen-bond acceptors (Lipinski definition) is 3. The Morgan fingerprint density at radius 2 is 1.82 bits per heavy atom. The number of nitrogens with zero attached hydrogens (tertiary/aromatic N) is 1. The van der Waals surface area contributed by atoms with Crippen molar-refractivity contribution in [2.75, 3.05) is 0 Å². The topological polar surface area (TPSA) is 39.2 Å². The van der Waals surface area contributed by atoms with Crippen molar-refractivity contribution in [1.82, 2.24) is 4.98 Å². The summed E-state index contributed by atoms with van der Waals surface area (Å²) in [6.07, 6.45) is 3.41. The Labute approximate surface area is 136 Å². The summed E-state index contributed by atoms with van der Waals surface area (Å²) < 4.78 is 5.53. The zero-order chi connectivity index (χ0) is 17.0. The molecule has 22 heavy (non-hydrogen) atoms. The van der Waals surface area contributed by atoms with E-state index in [1.54, 1.807) is 0 Å². The SMILES string of the molecule is CCC(C)([B]CC(C)(C)C(=O)OC(C)(C)C)c1ccccn1. The summed E-state index contributed by atoms with van der Waals surface area (Å²) in [6, 6.07) is 5.97. The Hall–Kier alpha value is -1.32. The lowest BCUT2D eigenvalue weighted by Gasteiger charge is -2.33. The van der Waals surface area contributed by atoms with Crippen LogP contribution in [0.1, 0.15) is 60.6 Å². The number of carbonyl (C=O) groups excluding carboxylic acids is 1.